The van der Waals surface area contributed by atoms with Crippen molar-refractivity contribution in [3.63, 3.8) is 0 Å². The molecular formula is C9H10ClNO2. The largest absolute Gasteiger partial charge is 0.364 e. The van der Waals surface area contributed by atoms with Crippen LogP contribution in [-0.4, -0.2) is 10.1 Å². The molecule has 0 bridgehead atoms. The second-order valence-corrected chi connectivity index (χ2v) is 3.96. The fraction of sp³-hybridized carbons (Fsp3) is 0.444. The summed E-state index contributed by atoms with van der Waals surface area (Å²) in [5.74, 6) is 0. The minimum Gasteiger partial charge on any atom is -0.364 e. The molecule has 0 fully saturated rings. The van der Waals surface area contributed by atoms with Crippen LogP contribution in [0.15, 0.2) is 12.3 Å². The zero-order chi connectivity index (χ0) is 9.64. The zero-order valence-corrected chi connectivity index (χ0v) is 8.17. The van der Waals surface area contributed by atoms with Gasteiger partial charge < -0.3 is 9.84 Å². The van der Waals surface area contributed by atoms with Gasteiger partial charge in [-0.05, 0) is 25.5 Å². The fourth-order valence-electron chi connectivity index (χ4n) is 1.56. The lowest BCUT2D eigenvalue weighted by Crippen LogP contribution is -2.15. The molecule has 0 aromatic carbocycles. The standard InChI is InChI=1S/C9H10ClNO2/c1-9(2)6-3-7(10)11-4-5(6)8(12)13-9/h3-4,8,12H,1-2H3. The Labute approximate surface area is 81.3 Å². The van der Waals surface area contributed by atoms with Crippen LogP contribution in [0.5, 0.6) is 0 Å². The summed E-state index contributed by atoms with van der Waals surface area (Å²) in [6.45, 7) is 3.77. The molecule has 1 atom stereocenters. The highest BCUT2D eigenvalue weighted by atomic mass is 35.5. The van der Waals surface area contributed by atoms with E-state index in [4.69, 9.17) is 16.3 Å². The highest BCUT2D eigenvalue weighted by molar-refractivity contribution is 6.29. The van der Waals surface area contributed by atoms with Gasteiger partial charge in [0.2, 0.25) is 0 Å². The van der Waals surface area contributed by atoms with E-state index in [0.717, 1.165) is 5.56 Å². The van der Waals surface area contributed by atoms with E-state index in [-0.39, 0.29) is 0 Å². The van der Waals surface area contributed by atoms with E-state index in [0.29, 0.717) is 10.7 Å². The summed E-state index contributed by atoms with van der Waals surface area (Å²) in [5.41, 5.74) is 1.12. The van der Waals surface area contributed by atoms with Gasteiger partial charge in [0, 0.05) is 11.8 Å². The summed E-state index contributed by atoms with van der Waals surface area (Å²) in [7, 11) is 0. The van der Waals surface area contributed by atoms with E-state index >= 15 is 0 Å². The summed E-state index contributed by atoms with van der Waals surface area (Å²) in [6, 6.07) is 1.73. The van der Waals surface area contributed by atoms with Crippen LogP contribution >= 0.6 is 11.6 Å². The molecule has 0 saturated heterocycles. The van der Waals surface area contributed by atoms with Gasteiger partial charge in [0.1, 0.15) is 5.15 Å². The molecule has 1 aliphatic rings. The van der Waals surface area contributed by atoms with Crippen molar-refractivity contribution in [1.29, 1.82) is 0 Å². The van der Waals surface area contributed by atoms with Crippen LogP contribution in [0, 0.1) is 0 Å². The molecule has 1 unspecified atom stereocenters. The van der Waals surface area contributed by atoms with Crippen LogP contribution in [0.2, 0.25) is 5.15 Å². The quantitative estimate of drug-likeness (QED) is 0.650. The van der Waals surface area contributed by atoms with Gasteiger partial charge in [-0.25, -0.2) is 4.98 Å². The molecule has 0 saturated carbocycles. The maximum atomic E-state index is 9.50. The SMILES string of the molecule is CC1(C)OC(O)c2cnc(Cl)cc21. The Kier molecular flexibility index (Phi) is 1.84. The molecule has 1 N–H and O–H groups in total. The van der Waals surface area contributed by atoms with Gasteiger partial charge in [0.25, 0.3) is 0 Å². The number of halogens is 1. The van der Waals surface area contributed by atoms with Crippen LogP contribution in [0.1, 0.15) is 31.3 Å². The van der Waals surface area contributed by atoms with Gasteiger partial charge >= 0.3 is 0 Å². The summed E-state index contributed by atoms with van der Waals surface area (Å²) >= 11 is 5.75. The highest BCUT2D eigenvalue weighted by Gasteiger charge is 2.37. The number of aliphatic hydroxyl groups is 1. The summed E-state index contributed by atoms with van der Waals surface area (Å²) < 4.78 is 5.33. The molecule has 0 radical (unpaired) electrons. The van der Waals surface area contributed by atoms with Crippen LogP contribution in [0.25, 0.3) is 0 Å². The zero-order valence-electron chi connectivity index (χ0n) is 7.41. The predicted octanol–water partition coefficient (Wildman–Crippen LogP) is 1.99. The average molecular weight is 200 g/mol. The maximum absolute atomic E-state index is 9.50. The Morgan fingerprint density at radius 3 is 3.00 bits per heavy atom. The van der Waals surface area contributed by atoms with Crippen molar-refractivity contribution in [1.82, 2.24) is 4.98 Å². The number of aromatic nitrogens is 1. The topological polar surface area (TPSA) is 42.4 Å². The van der Waals surface area contributed by atoms with E-state index in [1.54, 1.807) is 12.3 Å². The third-order valence-electron chi connectivity index (χ3n) is 2.22. The predicted molar refractivity (Wildman–Crippen MR) is 48.3 cm³/mol. The van der Waals surface area contributed by atoms with Crippen molar-refractivity contribution in [3.8, 4) is 0 Å². The van der Waals surface area contributed by atoms with Gasteiger partial charge in [-0.3, -0.25) is 0 Å². The Balaban J connectivity index is 2.60. The van der Waals surface area contributed by atoms with Gasteiger partial charge in [-0.2, -0.15) is 0 Å². The molecule has 1 aliphatic heterocycles. The second kappa shape index (κ2) is 2.67. The number of hydrogen-bond donors (Lipinski definition) is 1. The first-order valence-corrected chi connectivity index (χ1v) is 4.40. The summed E-state index contributed by atoms with van der Waals surface area (Å²) in [6.07, 6.45) is 0.673. The van der Waals surface area contributed by atoms with Crippen LogP contribution in [-0.2, 0) is 10.3 Å². The molecule has 13 heavy (non-hydrogen) atoms. The molecule has 0 aliphatic carbocycles. The molecule has 4 heteroatoms. The maximum Gasteiger partial charge on any atom is 0.184 e. The van der Waals surface area contributed by atoms with Gasteiger partial charge in [0.15, 0.2) is 6.29 Å². The number of rotatable bonds is 0. The van der Waals surface area contributed by atoms with Gasteiger partial charge in [-0.1, -0.05) is 11.6 Å². The number of pyridine rings is 1. The molecule has 2 rings (SSSR count). The van der Waals surface area contributed by atoms with Crippen LogP contribution < -0.4 is 0 Å². The smallest absolute Gasteiger partial charge is 0.184 e. The Hall–Kier alpha value is -0.640. The van der Waals surface area contributed by atoms with E-state index in [2.05, 4.69) is 4.98 Å². The number of ether oxygens (including phenoxy) is 1. The van der Waals surface area contributed by atoms with E-state index in [1.807, 2.05) is 13.8 Å². The van der Waals surface area contributed by atoms with Crippen LogP contribution in [0.3, 0.4) is 0 Å². The Morgan fingerprint density at radius 2 is 2.31 bits per heavy atom. The Bertz CT molecular complexity index is 351. The van der Waals surface area contributed by atoms with Gasteiger partial charge in [0.05, 0.1) is 5.60 Å². The van der Waals surface area contributed by atoms with E-state index < -0.39 is 11.9 Å². The lowest BCUT2D eigenvalue weighted by molar-refractivity contribution is -0.157. The van der Waals surface area contributed by atoms with Crippen molar-refractivity contribution >= 4 is 11.6 Å². The number of aliphatic hydroxyl groups excluding tert-OH is 1. The van der Waals surface area contributed by atoms with Crippen molar-refractivity contribution in [3.05, 3.63) is 28.5 Å². The molecule has 70 valence electrons. The average Bonchev–Trinajstić information content (AvgIpc) is 2.23. The third kappa shape index (κ3) is 1.33. The summed E-state index contributed by atoms with van der Waals surface area (Å²) in [5, 5.41) is 9.92. The number of fused-ring (bicyclic) bond motifs is 1. The first kappa shape index (κ1) is 8.94. The molecule has 1 aromatic heterocycles. The normalized spacial score (nSPS) is 24.5. The van der Waals surface area contributed by atoms with Gasteiger partial charge in [-0.15, -0.1) is 0 Å². The van der Waals surface area contributed by atoms with Crippen LogP contribution in [0.4, 0.5) is 0 Å². The first-order valence-electron chi connectivity index (χ1n) is 4.02. The molecular weight excluding hydrogens is 190 g/mol. The highest BCUT2D eigenvalue weighted by Crippen LogP contribution is 2.41. The molecule has 2 heterocycles. The molecule has 0 spiro atoms. The van der Waals surface area contributed by atoms with E-state index in [1.165, 1.54) is 0 Å². The lowest BCUT2D eigenvalue weighted by Gasteiger charge is -2.18. The third-order valence-corrected chi connectivity index (χ3v) is 2.43. The van der Waals surface area contributed by atoms with Crippen molar-refractivity contribution < 1.29 is 9.84 Å². The lowest BCUT2D eigenvalue weighted by atomic mass is 9.98. The number of hydrogen-bond acceptors (Lipinski definition) is 3. The van der Waals surface area contributed by atoms with E-state index in [9.17, 15) is 5.11 Å². The fourth-order valence-corrected chi connectivity index (χ4v) is 1.72. The van der Waals surface area contributed by atoms with Crippen molar-refractivity contribution in [2.75, 3.05) is 0 Å². The molecule has 3 nitrogen and oxygen atoms in total. The van der Waals surface area contributed by atoms with Crippen molar-refractivity contribution in [2.45, 2.75) is 25.7 Å². The monoisotopic (exact) mass is 199 g/mol. The van der Waals surface area contributed by atoms with Crippen molar-refractivity contribution in [2.24, 2.45) is 0 Å². The molecule has 0 amide bonds. The molecule has 1 aromatic rings. The first-order chi connectivity index (χ1) is 6.00. The second-order valence-electron chi connectivity index (χ2n) is 3.57. The minimum atomic E-state index is -0.880. The number of nitrogens with zero attached hydrogens (tertiary/aromatic N) is 1. The minimum absolute atomic E-state index is 0.421. The summed E-state index contributed by atoms with van der Waals surface area (Å²) in [4.78, 5) is 3.89. The Morgan fingerprint density at radius 1 is 1.62 bits per heavy atom.